The van der Waals surface area contributed by atoms with Crippen LogP contribution in [0.15, 0.2) is 52.4 Å². The molecule has 1 atom stereocenters. The third-order valence-electron chi connectivity index (χ3n) is 5.72. The van der Waals surface area contributed by atoms with Crippen molar-refractivity contribution in [2.45, 2.75) is 37.1 Å². The first kappa shape index (κ1) is 22.1. The maximum absolute atomic E-state index is 13.3. The number of hydrogen-bond donors (Lipinski definition) is 2. The molecule has 3 N–H and O–H groups in total. The van der Waals surface area contributed by atoms with Crippen LogP contribution in [-0.4, -0.2) is 44.3 Å². The standard InChI is InChI=1S/C22H26FN5O3S/c1-2-3-11-25-22(29)27-12-10-16-13-18(8-9-20(16)27)32(30,31)28-14-19(26-21(28)24)15-4-6-17(23)7-5-15/h4-9,13,19H,2-3,10-12,14H2,1H3,(H2,24,26)(H,25,29)/t19-/m1/s1. The summed E-state index contributed by atoms with van der Waals surface area (Å²) in [6.45, 7) is 3.20. The van der Waals surface area contributed by atoms with Crippen LogP contribution in [0, 0.1) is 5.82 Å². The van der Waals surface area contributed by atoms with E-state index >= 15 is 0 Å². The molecule has 2 aliphatic heterocycles. The van der Waals surface area contributed by atoms with Crippen molar-refractivity contribution in [1.29, 1.82) is 0 Å². The molecule has 2 heterocycles. The summed E-state index contributed by atoms with van der Waals surface area (Å²) in [7, 11) is -3.93. The lowest BCUT2D eigenvalue weighted by Crippen LogP contribution is -2.39. The highest BCUT2D eigenvalue weighted by Crippen LogP contribution is 2.33. The Morgan fingerprint density at radius 2 is 2.00 bits per heavy atom. The second-order valence-electron chi connectivity index (χ2n) is 7.87. The van der Waals surface area contributed by atoms with Crippen LogP contribution in [0.5, 0.6) is 0 Å². The number of benzene rings is 2. The van der Waals surface area contributed by atoms with Gasteiger partial charge in [-0.15, -0.1) is 0 Å². The van der Waals surface area contributed by atoms with Gasteiger partial charge in [-0.1, -0.05) is 25.5 Å². The van der Waals surface area contributed by atoms with Gasteiger partial charge in [0.25, 0.3) is 10.0 Å². The van der Waals surface area contributed by atoms with E-state index in [0.717, 1.165) is 22.7 Å². The van der Waals surface area contributed by atoms with Gasteiger partial charge >= 0.3 is 6.03 Å². The number of urea groups is 1. The molecule has 2 amide bonds. The first-order chi connectivity index (χ1) is 15.3. The van der Waals surface area contributed by atoms with Gasteiger partial charge in [-0.05, 0) is 54.3 Å². The molecule has 0 aliphatic carbocycles. The van der Waals surface area contributed by atoms with Crippen LogP contribution >= 0.6 is 0 Å². The molecular weight excluding hydrogens is 433 g/mol. The lowest BCUT2D eigenvalue weighted by molar-refractivity contribution is 0.246. The zero-order chi connectivity index (χ0) is 22.9. The SMILES string of the molecule is CCCCNC(=O)N1CCc2cc(S(=O)(=O)N3C[C@H](c4ccc(F)cc4)N=C3N)ccc21. The van der Waals surface area contributed by atoms with Crippen LogP contribution in [0.4, 0.5) is 14.9 Å². The van der Waals surface area contributed by atoms with Gasteiger partial charge in [0.1, 0.15) is 5.82 Å². The van der Waals surface area contributed by atoms with Gasteiger partial charge < -0.3 is 11.1 Å². The fourth-order valence-electron chi connectivity index (χ4n) is 3.95. The molecule has 0 saturated heterocycles. The number of sulfonamides is 1. The number of halogens is 1. The monoisotopic (exact) mass is 459 g/mol. The van der Waals surface area contributed by atoms with E-state index < -0.39 is 16.1 Å². The molecule has 0 spiro atoms. The second-order valence-corrected chi connectivity index (χ2v) is 9.73. The van der Waals surface area contributed by atoms with Crippen molar-refractivity contribution < 1.29 is 17.6 Å². The highest BCUT2D eigenvalue weighted by molar-refractivity contribution is 7.89. The molecule has 2 aromatic rings. The normalized spacial score (nSPS) is 17.9. The number of aliphatic imine (C=N–C) groups is 1. The average molecular weight is 460 g/mol. The van der Waals surface area contributed by atoms with Crippen LogP contribution in [0.1, 0.15) is 36.9 Å². The minimum atomic E-state index is -3.93. The minimum Gasteiger partial charge on any atom is -0.369 e. The molecule has 0 saturated carbocycles. The third kappa shape index (κ3) is 4.14. The molecule has 2 aliphatic rings. The smallest absolute Gasteiger partial charge is 0.321 e. The van der Waals surface area contributed by atoms with E-state index in [0.29, 0.717) is 30.8 Å². The number of amides is 2. The zero-order valence-corrected chi connectivity index (χ0v) is 18.6. The first-order valence-electron chi connectivity index (χ1n) is 10.6. The predicted molar refractivity (Wildman–Crippen MR) is 120 cm³/mol. The lowest BCUT2D eigenvalue weighted by Gasteiger charge is -2.20. The number of unbranched alkanes of at least 4 members (excludes halogenated alkanes) is 1. The van der Waals surface area contributed by atoms with E-state index in [-0.39, 0.29) is 29.2 Å². The number of carbonyl (C=O) groups excluding carboxylic acids is 1. The molecule has 8 nitrogen and oxygen atoms in total. The quantitative estimate of drug-likeness (QED) is 0.648. The molecule has 10 heteroatoms. The molecule has 0 fully saturated rings. The lowest BCUT2D eigenvalue weighted by atomic mass is 10.1. The second kappa shape index (κ2) is 8.78. The number of anilines is 1. The van der Waals surface area contributed by atoms with Crippen molar-refractivity contribution in [3.05, 3.63) is 59.4 Å². The van der Waals surface area contributed by atoms with Gasteiger partial charge in [0.15, 0.2) is 0 Å². The molecule has 0 unspecified atom stereocenters. The predicted octanol–water partition coefficient (Wildman–Crippen LogP) is 2.76. The van der Waals surface area contributed by atoms with E-state index in [1.54, 1.807) is 29.2 Å². The van der Waals surface area contributed by atoms with E-state index in [9.17, 15) is 17.6 Å². The molecule has 2 aromatic carbocycles. The minimum absolute atomic E-state index is 0.0445. The molecular formula is C22H26FN5O3S. The Hall–Kier alpha value is -3.14. The summed E-state index contributed by atoms with van der Waals surface area (Å²) in [6.07, 6.45) is 2.46. The molecule has 32 heavy (non-hydrogen) atoms. The zero-order valence-electron chi connectivity index (χ0n) is 17.8. The number of hydrogen-bond acceptors (Lipinski definition) is 5. The van der Waals surface area contributed by atoms with Crippen LogP contribution in [0.3, 0.4) is 0 Å². The Labute approximate surface area is 187 Å². The third-order valence-corrected chi connectivity index (χ3v) is 7.49. The molecule has 0 radical (unpaired) electrons. The first-order valence-corrected chi connectivity index (χ1v) is 12.0. The Morgan fingerprint density at radius 3 is 2.72 bits per heavy atom. The molecule has 0 aromatic heterocycles. The van der Waals surface area contributed by atoms with Crippen molar-refractivity contribution >= 4 is 27.7 Å². The Balaban J connectivity index is 1.52. The largest absolute Gasteiger partial charge is 0.369 e. The highest BCUT2D eigenvalue weighted by Gasteiger charge is 2.35. The van der Waals surface area contributed by atoms with Gasteiger partial charge in [-0.3, -0.25) is 4.90 Å². The van der Waals surface area contributed by atoms with Gasteiger partial charge in [0.2, 0.25) is 5.96 Å². The van der Waals surface area contributed by atoms with Gasteiger partial charge in [0.05, 0.1) is 17.5 Å². The number of nitrogens with two attached hydrogens (primary N) is 1. The summed E-state index contributed by atoms with van der Waals surface area (Å²) in [5.74, 6) is -0.476. The average Bonchev–Trinajstić information content (AvgIpc) is 3.38. The number of nitrogens with zero attached hydrogens (tertiary/aromatic N) is 3. The highest BCUT2D eigenvalue weighted by atomic mass is 32.2. The van der Waals surface area contributed by atoms with E-state index in [2.05, 4.69) is 17.2 Å². The summed E-state index contributed by atoms with van der Waals surface area (Å²) in [6, 6.07) is 9.84. The Kier molecular flexibility index (Phi) is 6.05. The van der Waals surface area contributed by atoms with Gasteiger partial charge in [0, 0.05) is 18.8 Å². The Morgan fingerprint density at radius 1 is 1.25 bits per heavy atom. The molecule has 4 rings (SSSR count). The van der Waals surface area contributed by atoms with E-state index in [1.807, 2.05) is 0 Å². The van der Waals surface area contributed by atoms with Crippen LogP contribution < -0.4 is 16.0 Å². The molecule has 0 bridgehead atoms. The van der Waals surface area contributed by atoms with Gasteiger partial charge in [-0.25, -0.2) is 26.9 Å². The number of rotatable bonds is 6. The van der Waals surface area contributed by atoms with Gasteiger partial charge in [-0.2, -0.15) is 0 Å². The number of guanidine groups is 1. The Bertz CT molecular complexity index is 1150. The maximum Gasteiger partial charge on any atom is 0.321 e. The van der Waals surface area contributed by atoms with E-state index in [4.69, 9.17) is 5.73 Å². The molecule has 170 valence electrons. The number of fused-ring (bicyclic) bond motifs is 1. The van der Waals surface area contributed by atoms with Crippen molar-refractivity contribution in [1.82, 2.24) is 9.62 Å². The van der Waals surface area contributed by atoms with Crippen molar-refractivity contribution in [2.75, 3.05) is 24.5 Å². The fraction of sp³-hybridized carbons (Fsp3) is 0.364. The summed E-state index contributed by atoms with van der Waals surface area (Å²) in [5, 5.41) is 2.89. The van der Waals surface area contributed by atoms with Crippen molar-refractivity contribution in [2.24, 2.45) is 10.7 Å². The maximum atomic E-state index is 13.3. The van der Waals surface area contributed by atoms with Crippen LogP contribution in [-0.2, 0) is 16.4 Å². The summed E-state index contributed by atoms with van der Waals surface area (Å²) in [4.78, 5) is 18.4. The fourth-order valence-corrected chi connectivity index (χ4v) is 5.36. The van der Waals surface area contributed by atoms with Crippen molar-refractivity contribution in [3.8, 4) is 0 Å². The van der Waals surface area contributed by atoms with Crippen molar-refractivity contribution in [3.63, 3.8) is 0 Å². The van der Waals surface area contributed by atoms with Crippen LogP contribution in [0.25, 0.3) is 0 Å². The topological polar surface area (TPSA) is 108 Å². The summed E-state index contributed by atoms with van der Waals surface area (Å²) >= 11 is 0. The number of carbonyl (C=O) groups is 1. The van der Waals surface area contributed by atoms with E-state index in [1.165, 1.54) is 18.2 Å². The summed E-state index contributed by atoms with van der Waals surface area (Å²) < 4.78 is 40.8. The number of nitrogens with one attached hydrogen (secondary N) is 1. The summed E-state index contributed by atoms with van der Waals surface area (Å²) in [5.41, 5.74) is 8.15. The van der Waals surface area contributed by atoms with Crippen LogP contribution in [0.2, 0.25) is 0 Å².